The Morgan fingerprint density at radius 3 is 2.47 bits per heavy atom. The number of nitrogens with one attached hydrogen (secondary N) is 1. The molecule has 0 radical (unpaired) electrons. The first kappa shape index (κ1) is 23.8. The lowest BCUT2D eigenvalue weighted by Crippen LogP contribution is -2.31. The van der Waals surface area contributed by atoms with E-state index in [1.165, 1.54) is 11.1 Å². The third-order valence-corrected chi connectivity index (χ3v) is 6.11. The summed E-state index contributed by atoms with van der Waals surface area (Å²) in [6, 6.07) is 22.2. The standard InChI is InChI=1S/C28H34N4O2/c1-22(2)24-11-9-23(10-12-24)20-31-15-6-16-32(18-17-31)27-14-13-25(19-29-27)30-28(33)21-34-26-7-4-3-5-8-26/h3-5,7-14,19,22H,6,15-18,20-21H2,1-2H3,(H,30,33). The topological polar surface area (TPSA) is 57.7 Å². The van der Waals surface area contributed by atoms with Crippen molar-refractivity contribution in [3.05, 3.63) is 84.1 Å². The molecule has 0 spiro atoms. The highest BCUT2D eigenvalue weighted by atomic mass is 16.5. The molecule has 0 bridgehead atoms. The van der Waals surface area contributed by atoms with Crippen molar-refractivity contribution < 1.29 is 9.53 Å². The van der Waals surface area contributed by atoms with Crippen molar-refractivity contribution in [3.8, 4) is 5.75 Å². The summed E-state index contributed by atoms with van der Waals surface area (Å²) in [5.41, 5.74) is 3.43. The average Bonchev–Trinajstić information content (AvgIpc) is 3.10. The normalized spacial score (nSPS) is 14.6. The van der Waals surface area contributed by atoms with Crippen LogP contribution in [0.15, 0.2) is 72.9 Å². The van der Waals surface area contributed by atoms with Gasteiger partial charge in [0, 0.05) is 32.7 Å². The minimum absolute atomic E-state index is 0.0338. The van der Waals surface area contributed by atoms with Gasteiger partial charge in [-0.2, -0.15) is 0 Å². The number of nitrogens with zero attached hydrogens (tertiary/aromatic N) is 3. The van der Waals surface area contributed by atoms with Crippen molar-refractivity contribution in [1.82, 2.24) is 9.88 Å². The fourth-order valence-corrected chi connectivity index (χ4v) is 4.13. The van der Waals surface area contributed by atoms with Crippen molar-refractivity contribution in [2.45, 2.75) is 32.7 Å². The number of ether oxygens (including phenoxy) is 1. The molecule has 6 nitrogen and oxygen atoms in total. The van der Waals surface area contributed by atoms with Crippen molar-refractivity contribution in [3.63, 3.8) is 0 Å². The summed E-state index contributed by atoms with van der Waals surface area (Å²) in [4.78, 5) is 21.6. The van der Waals surface area contributed by atoms with Gasteiger partial charge in [0.05, 0.1) is 11.9 Å². The maximum Gasteiger partial charge on any atom is 0.262 e. The monoisotopic (exact) mass is 458 g/mol. The van der Waals surface area contributed by atoms with Gasteiger partial charge in [0.25, 0.3) is 5.91 Å². The first-order chi connectivity index (χ1) is 16.6. The van der Waals surface area contributed by atoms with E-state index in [1.807, 2.05) is 42.5 Å². The third-order valence-electron chi connectivity index (χ3n) is 6.11. The van der Waals surface area contributed by atoms with Crippen LogP contribution in [0.25, 0.3) is 0 Å². The highest BCUT2D eigenvalue weighted by molar-refractivity contribution is 5.91. The predicted molar refractivity (Wildman–Crippen MR) is 137 cm³/mol. The molecule has 6 heteroatoms. The number of carbonyl (C=O) groups is 1. The molecule has 0 saturated carbocycles. The maximum absolute atomic E-state index is 12.2. The quantitative estimate of drug-likeness (QED) is 0.518. The number of amides is 1. The van der Waals surface area contributed by atoms with Crippen LogP contribution in [0, 0.1) is 0 Å². The molecule has 0 unspecified atom stereocenters. The summed E-state index contributed by atoms with van der Waals surface area (Å²) < 4.78 is 5.50. The van der Waals surface area contributed by atoms with E-state index in [0.717, 1.165) is 45.0 Å². The number of hydrogen-bond donors (Lipinski definition) is 1. The molecule has 1 N–H and O–H groups in total. The van der Waals surface area contributed by atoms with Crippen LogP contribution < -0.4 is 15.0 Å². The number of pyridine rings is 1. The van der Waals surface area contributed by atoms with Crippen LogP contribution in [0.2, 0.25) is 0 Å². The molecule has 1 aliphatic heterocycles. The van der Waals surface area contributed by atoms with Crippen LogP contribution in [0.3, 0.4) is 0 Å². The number of carbonyl (C=O) groups excluding carboxylic acids is 1. The average molecular weight is 459 g/mol. The lowest BCUT2D eigenvalue weighted by Gasteiger charge is -2.23. The van der Waals surface area contributed by atoms with E-state index in [-0.39, 0.29) is 12.5 Å². The fourth-order valence-electron chi connectivity index (χ4n) is 4.13. The predicted octanol–water partition coefficient (Wildman–Crippen LogP) is 4.93. The van der Waals surface area contributed by atoms with E-state index in [9.17, 15) is 4.79 Å². The van der Waals surface area contributed by atoms with Gasteiger partial charge in [-0.15, -0.1) is 0 Å². The van der Waals surface area contributed by atoms with Gasteiger partial charge in [0.1, 0.15) is 11.6 Å². The summed E-state index contributed by atoms with van der Waals surface area (Å²) >= 11 is 0. The summed E-state index contributed by atoms with van der Waals surface area (Å²) in [6.45, 7) is 9.41. The summed E-state index contributed by atoms with van der Waals surface area (Å²) in [7, 11) is 0. The van der Waals surface area contributed by atoms with Gasteiger partial charge in [-0.05, 0) is 47.7 Å². The van der Waals surface area contributed by atoms with Crippen molar-refractivity contribution in [2.24, 2.45) is 0 Å². The van der Waals surface area contributed by atoms with E-state index in [2.05, 4.69) is 58.2 Å². The number of benzene rings is 2. The zero-order valence-corrected chi connectivity index (χ0v) is 20.1. The van der Waals surface area contributed by atoms with Crippen LogP contribution in [-0.2, 0) is 11.3 Å². The number of anilines is 2. The molecule has 2 aromatic carbocycles. The van der Waals surface area contributed by atoms with E-state index < -0.39 is 0 Å². The number of hydrogen-bond acceptors (Lipinski definition) is 5. The second kappa shape index (κ2) is 11.7. The number of para-hydroxylation sites is 1. The van der Waals surface area contributed by atoms with Gasteiger partial charge in [0.15, 0.2) is 6.61 Å². The maximum atomic E-state index is 12.2. The SMILES string of the molecule is CC(C)c1ccc(CN2CCCN(c3ccc(NC(=O)COc4ccccc4)cn3)CC2)cc1. The van der Waals surface area contributed by atoms with Crippen molar-refractivity contribution in [1.29, 1.82) is 0 Å². The minimum Gasteiger partial charge on any atom is -0.484 e. The largest absolute Gasteiger partial charge is 0.484 e. The van der Waals surface area contributed by atoms with Crippen molar-refractivity contribution >= 4 is 17.4 Å². The Morgan fingerprint density at radius 2 is 1.76 bits per heavy atom. The van der Waals surface area contributed by atoms with Crippen LogP contribution in [-0.4, -0.2) is 48.6 Å². The van der Waals surface area contributed by atoms with E-state index in [1.54, 1.807) is 6.20 Å². The number of rotatable bonds is 8. The summed E-state index contributed by atoms with van der Waals surface area (Å²) in [5, 5.41) is 2.85. The Kier molecular flexibility index (Phi) is 8.15. The molecule has 1 saturated heterocycles. The van der Waals surface area contributed by atoms with Crippen LogP contribution >= 0.6 is 0 Å². The van der Waals surface area contributed by atoms with Gasteiger partial charge in [-0.1, -0.05) is 56.3 Å². The summed E-state index contributed by atoms with van der Waals surface area (Å²) in [6.07, 6.45) is 2.82. The molecule has 34 heavy (non-hydrogen) atoms. The molecule has 1 amide bonds. The molecular formula is C28H34N4O2. The Morgan fingerprint density at radius 1 is 0.971 bits per heavy atom. The second-order valence-electron chi connectivity index (χ2n) is 9.07. The lowest BCUT2D eigenvalue weighted by atomic mass is 10.0. The zero-order valence-electron chi connectivity index (χ0n) is 20.1. The Labute approximate surface area is 202 Å². The van der Waals surface area contributed by atoms with Crippen LogP contribution in [0.5, 0.6) is 5.75 Å². The first-order valence-electron chi connectivity index (χ1n) is 12.1. The van der Waals surface area contributed by atoms with Gasteiger partial charge in [0.2, 0.25) is 0 Å². The molecule has 4 rings (SSSR count). The van der Waals surface area contributed by atoms with Gasteiger partial charge in [-0.3, -0.25) is 9.69 Å². The Hall–Kier alpha value is -3.38. The van der Waals surface area contributed by atoms with Crippen molar-refractivity contribution in [2.75, 3.05) is 43.0 Å². The van der Waals surface area contributed by atoms with E-state index in [0.29, 0.717) is 17.4 Å². The highest BCUT2D eigenvalue weighted by Crippen LogP contribution is 2.19. The molecular weight excluding hydrogens is 424 g/mol. The molecule has 2 heterocycles. The molecule has 1 aliphatic rings. The smallest absolute Gasteiger partial charge is 0.262 e. The zero-order chi connectivity index (χ0) is 23.8. The van der Waals surface area contributed by atoms with Crippen LogP contribution in [0.1, 0.15) is 37.3 Å². The van der Waals surface area contributed by atoms with Gasteiger partial charge >= 0.3 is 0 Å². The van der Waals surface area contributed by atoms with E-state index >= 15 is 0 Å². The number of aromatic nitrogens is 1. The highest BCUT2D eigenvalue weighted by Gasteiger charge is 2.16. The Bertz CT molecular complexity index is 1040. The molecule has 0 atom stereocenters. The molecule has 1 fully saturated rings. The summed E-state index contributed by atoms with van der Waals surface area (Å²) in [5.74, 6) is 1.98. The van der Waals surface area contributed by atoms with Gasteiger partial charge in [-0.25, -0.2) is 4.98 Å². The lowest BCUT2D eigenvalue weighted by molar-refractivity contribution is -0.118. The molecule has 3 aromatic rings. The van der Waals surface area contributed by atoms with Gasteiger partial charge < -0.3 is 15.0 Å². The molecule has 0 aliphatic carbocycles. The molecule has 1 aromatic heterocycles. The van der Waals surface area contributed by atoms with E-state index in [4.69, 9.17) is 4.74 Å². The Balaban J connectivity index is 1.25. The second-order valence-corrected chi connectivity index (χ2v) is 9.07. The molecule has 178 valence electrons. The third kappa shape index (κ3) is 6.81. The first-order valence-corrected chi connectivity index (χ1v) is 12.1. The fraction of sp³-hybridized carbons (Fsp3) is 0.357. The minimum atomic E-state index is -0.203. The van der Waals surface area contributed by atoms with Crippen LogP contribution in [0.4, 0.5) is 11.5 Å².